The molecule has 0 saturated carbocycles. The molecule has 0 N–H and O–H groups in total. The maximum Gasteiger partial charge on any atom is 0.258 e. The van der Waals surface area contributed by atoms with E-state index in [0.29, 0.717) is 5.75 Å². The van der Waals surface area contributed by atoms with Gasteiger partial charge in [-0.3, -0.25) is 4.79 Å². The van der Waals surface area contributed by atoms with Crippen LogP contribution in [0.15, 0.2) is 65.7 Å². The minimum atomic E-state index is -0.0406. The predicted octanol–water partition coefficient (Wildman–Crippen LogP) is 3.32. The van der Waals surface area contributed by atoms with Crippen molar-refractivity contribution in [1.29, 1.82) is 0 Å². The van der Waals surface area contributed by atoms with Crippen molar-refractivity contribution in [2.45, 2.75) is 13.1 Å². The fourth-order valence-corrected chi connectivity index (χ4v) is 3.05. The van der Waals surface area contributed by atoms with Crippen molar-refractivity contribution in [3.05, 3.63) is 71.8 Å². The Labute approximate surface area is 128 Å². The Balaban J connectivity index is 1.81. The Morgan fingerprint density at radius 2 is 1.43 bits per heavy atom. The molecule has 4 heteroatoms. The van der Waals surface area contributed by atoms with E-state index >= 15 is 0 Å². The number of hydrogen-bond acceptors (Lipinski definition) is 3. The molecule has 0 radical (unpaired) electrons. The van der Waals surface area contributed by atoms with E-state index in [9.17, 15) is 4.79 Å². The number of carbonyl (C=O) groups is 1. The molecular weight excluding hydrogens is 280 g/mol. The largest absolute Gasteiger partial charge is 0.342 e. The zero-order chi connectivity index (χ0) is 14.5. The second-order valence-corrected chi connectivity index (χ2v) is 5.85. The van der Waals surface area contributed by atoms with E-state index in [-0.39, 0.29) is 5.91 Å². The fourth-order valence-electron chi connectivity index (χ4n) is 2.26. The average Bonchev–Trinajstić information content (AvgIpc) is 2.95. The van der Waals surface area contributed by atoms with Gasteiger partial charge in [0, 0.05) is 13.1 Å². The molecule has 1 aliphatic heterocycles. The van der Waals surface area contributed by atoms with Crippen LogP contribution in [0, 0.1) is 0 Å². The fraction of sp³-hybridized carbons (Fsp3) is 0.176. The van der Waals surface area contributed by atoms with Gasteiger partial charge in [0.25, 0.3) is 5.91 Å². The van der Waals surface area contributed by atoms with Crippen molar-refractivity contribution in [1.82, 2.24) is 4.90 Å². The first-order chi connectivity index (χ1) is 10.3. The number of hydrogen-bond donors (Lipinski definition) is 0. The van der Waals surface area contributed by atoms with E-state index in [1.165, 1.54) is 22.9 Å². The minimum Gasteiger partial charge on any atom is -0.342 e. The van der Waals surface area contributed by atoms with E-state index in [1.807, 2.05) is 36.4 Å². The molecule has 106 valence electrons. The Kier molecular flexibility index (Phi) is 4.36. The summed E-state index contributed by atoms with van der Waals surface area (Å²) in [7, 11) is 0. The third kappa shape index (κ3) is 3.73. The normalized spacial score (nSPS) is 14.1. The van der Waals surface area contributed by atoms with Crippen molar-refractivity contribution in [3.63, 3.8) is 0 Å². The van der Waals surface area contributed by atoms with E-state index in [1.54, 1.807) is 0 Å². The number of benzene rings is 2. The minimum absolute atomic E-state index is 0.0406. The molecule has 3 rings (SSSR count). The number of amidine groups is 1. The molecule has 2 aromatic carbocycles. The molecule has 0 aromatic heterocycles. The highest BCUT2D eigenvalue weighted by molar-refractivity contribution is 8.14. The first-order valence-corrected chi connectivity index (χ1v) is 7.87. The number of aliphatic imine (C=N–C) groups is 1. The summed E-state index contributed by atoms with van der Waals surface area (Å²) >= 11 is 1.52. The summed E-state index contributed by atoms with van der Waals surface area (Å²) in [5.41, 5.74) is 2.44. The highest BCUT2D eigenvalue weighted by Crippen LogP contribution is 2.21. The molecule has 3 nitrogen and oxygen atoms in total. The molecular formula is C17H16N2OS. The topological polar surface area (TPSA) is 32.7 Å². The Morgan fingerprint density at radius 1 is 0.905 bits per heavy atom. The summed E-state index contributed by atoms with van der Waals surface area (Å²) in [6, 6.07) is 20.5. The van der Waals surface area contributed by atoms with Crippen LogP contribution < -0.4 is 0 Å². The van der Waals surface area contributed by atoms with Gasteiger partial charge in [-0.1, -0.05) is 72.4 Å². The average molecular weight is 296 g/mol. The van der Waals surface area contributed by atoms with Crippen LogP contribution in [0.1, 0.15) is 11.1 Å². The van der Waals surface area contributed by atoms with E-state index in [2.05, 4.69) is 34.2 Å². The van der Waals surface area contributed by atoms with E-state index < -0.39 is 0 Å². The molecule has 0 aliphatic carbocycles. The van der Waals surface area contributed by atoms with Crippen LogP contribution in [0.4, 0.5) is 0 Å². The Bertz CT molecular complexity index is 599. The van der Waals surface area contributed by atoms with E-state index in [0.717, 1.165) is 18.3 Å². The van der Waals surface area contributed by atoms with Gasteiger partial charge >= 0.3 is 0 Å². The number of amides is 1. The molecule has 0 fully saturated rings. The molecule has 0 atom stereocenters. The van der Waals surface area contributed by atoms with Gasteiger partial charge in [-0.2, -0.15) is 4.99 Å². The first kappa shape index (κ1) is 13.9. The number of rotatable bonds is 4. The second-order valence-electron chi connectivity index (χ2n) is 4.90. The van der Waals surface area contributed by atoms with Gasteiger partial charge in [0.1, 0.15) is 0 Å². The third-order valence-electron chi connectivity index (χ3n) is 3.25. The summed E-state index contributed by atoms with van der Waals surface area (Å²) in [5.74, 6) is 0.413. The van der Waals surface area contributed by atoms with E-state index in [4.69, 9.17) is 0 Å². The highest BCUT2D eigenvalue weighted by Gasteiger charge is 2.21. The molecule has 0 spiro atoms. The Morgan fingerprint density at radius 3 is 1.86 bits per heavy atom. The first-order valence-electron chi connectivity index (χ1n) is 6.88. The van der Waals surface area contributed by atoms with Gasteiger partial charge in [0.2, 0.25) is 0 Å². The van der Waals surface area contributed by atoms with Gasteiger partial charge in [0.05, 0.1) is 5.75 Å². The molecule has 2 aromatic rings. The van der Waals surface area contributed by atoms with Crippen LogP contribution in [0.2, 0.25) is 0 Å². The van der Waals surface area contributed by atoms with Crippen LogP contribution in [0.3, 0.4) is 0 Å². The second kappa shape index (κ2) is 6.59. The van der Waals surface area contributed by atoms with Gasteiger partial charge in [-0.15, -0.1) is 0 Å². The summed E-state index contributed by atoms with van der Waals surface area (Å²) in [5, 5.41) is 0.827. The zero-order valence-electron chi connectivity index (χ0n) is 11.6. The lowest BCUT2D eigenvalue weighted by Crippen LogP contribution is -2.27. The number of carbonyl (C=O) groups excluding carboxylic acids is 1. The van der Waals surface area contributed by atoms with Crippen LogP contribution in [0.5, 0.6) is 0 Å². The highest BCUT2D eigenvalue weighted by atomic mass is 32.2. The Hall–Kier alpha value is -2.07. The monoisotopic (exact) mass is 296 g/mol. The maximum atomic E-state index is 11.4. The summed E-state index contributed by atoms with van der Waals surface area (Å²) < 4.78 is 0. The number of thioether (sulfide) groups is 1. The lowest BCUT2D eigenvalue weighted by molar-refractivity contribution is -0.115. The number of nitrogens with zero attached hydrogens (tertiary/aromatic N) is 2. The molecule has 0 bridgehead atoms. The van der Waals surface area contributed by atoms with Crippen LogP contribution >= 0.6 is 11.8 Å². The van der Waals surface area contributed by atoms with Crippen LogP contribution in [0.25, 0.3) is 0 Å². The molecule has 1 heterocycles. The van der Waals surface area contributed by atoms with Crippen LogP contribution in [-0.4, -0.2) is 21.7 Å². The summed E-state index contributed by atoms with van der Waals surface area (Å²) in [4.78, 5) is 17.7. The zero-order valence-corrected chi connectivity index (χ0v) is 12.4. The molecule has 21 heavy (non-hydrogen) atoms. The van der Waals surface area contributed by atoms with Gasteiger partial charge in [-0.25, -0.2) is 0 Å². The molecule has 0 saturated heterocycles. The smallest absolute Gasteiger partial charge is 0.258 e. The lowest BCUT2D eigenvalue weighted by Gasteiger charge is -2.23. The van der Waals surface area contributed by atoms with Gasteiger partial charge in [0.15, 0.2) is 5.17 Å². The van der Waals surface area contributed by atoms with Gasteiger partial charge in [-0.05, 0) is 11.1 Å². The standard InChI is InChI=1S/C17H16N2OS/c20-16-13-21-17(18-16)19(11-14-7-3-1-4-8-14)12-15-9-5-2-6-10-15/h1-10H,11-13H2. The van der Waals surface area contributed by atoms with Crippen molar-refractivity contribution in [2.24, 2.45) is 4.99 Å². The van der Waals surface area contributed by atoms with Crippen molar-refractivity contribution < 1.29 is 4.79 Å². The predicted molar refractivity (Wildman–Crippen MR) is 87.0 cm³/mol. The van der Waals surface area contributed by atoms with Crippen LogP contribution in [-0.2, 0) is 17.9 Å². The van der Waals surface area contributed by atoms with Crippen molar-refractivity contribution >= 4 is 22.8 Å². The maximum absolute atomic E-state index is 11.4. The lowest BCUT2D eigenvalue weighted by atomic mass is 10.2. The summed E-state index contributed by atoms with van der Waals surface area (Å²) in [6.07, 6.45) is 0. The quantitative estimate of drug-likeness (QED) is 0.867. The molecule has 1 aliphatic rings. The van der Waals surface area contributed by atoms with Crippen molar-refractivity contribution in [2.75, 3.05) is 5.75 Å². The van der Waals surface area contributed by atoms with Gasteiger partial charge < -0.3 is 4.90 Å². The SMILES string of the molecule is O=C1CSC(N(Cc2ccccc2)Cc2ccccc2)=N1. The third-order valence-corrected chi connectivity index (χ3v) is 4.25. The molecule has 1 amide bonds. The van der Waals surface area contributed by atoms with Crippen molar-refractivity contribution in [3.8, 4) is 0 Å². The summed E-state index contributed by atoms with van der Waals surface area (Å²) in [6.45, 7) is 1.52. The molecule has 0 unspecified atom stereocenters.